The molecule has 0 radical (unpaired) electrons. The number of carbonyl (C=O) groups excluding carboxylic acids is 3. The Balaban J connectivity index is 1.80. The number of anilines is 1. The average molecular weight is 361 g/mol. The van der Waals surface area contributed by atoms with Gasteiger partial charge >= 0.3 is 5.97 Å². The Morgan fingerprint density at radius 3 is 2.62 bits per heavy atom. The van der Waals surface area contributed by atoms with Crippen LogP contribution in [-0.2, 0) is 14.3 Å². The number of halogens is 1. The summed E-state index contributed by atoms with van der Waals surface area (Å²) in [6.07, 6.45) is 0.651. The molecule has 0 aromatic heterocycles. The molecule has 2 aromatic rings. The lowest BCUT2D eigenvalue weighted by Gasteiger charge is -2.11. The van der Waals surface area contributed by atoms with Crippen molar-refractivity contribution in [1.82, 2.24) is 0 Å². The van der Waals surface area contributed by atoms with Crippen LogP contribution in [0.15, 0.2) is 42.5 Å². The van der Waals surface area contributed by atoms with E-state index < -0.39 is 30.9 Å². The summed E-state index contributed by atoms with van der Waals surface area (Å²) in [4.78, 5) is 34.1. The molecule has 8 heteroatoms. The Kier molecular flexibility index (Phi) is 6.67. The largest absolute Gasteiger partial charge is 0.493 e. The molecule has 0 atom stereocenters. The van der Waals surface area contributed by atoms with Crippen molar-refractivity contribution in [1.29, 1.82) is 0 Å². The molecule has 0 aliphatic carbocycles. The molecule has 0 saturated carbocycles. The number of esters is 1. The topological polar surface area (TPSA) is 90.9 Å². The van der Waals surface area contributed by atoms with E-state index >= 15 is 0 Å². The molecule has 0 bridgehead atoms. The van der Waals surface area contributed by atoms with Crippen molar-refractivity contribution in [3.63, 3.8) is 0 Å². The van der Waals surface area contributed by atoms with Crippen LogP contribution < -0.4 is 14.8 Å². The molecule has 1 N–H and O–H groups in total. The molecule has 0 heterocycles. The standard InChI is InChI=1S/C18H16FNO6/c1-24-16-7-12(9-21)5-6-15(16)25-11-18(23)26-10-17(22)20-14-4-2-3-13(19)8-14/h2-9H,10-11H2,1H3,(H,20,22). The Hall–Kier alpha value is -3.42. The van der Waals surface area contributed by atoms with Gasteiger partial charge in [-0.1, -0.05) is 6.07 Å². The lowest BCUT2D eigenvalue weighted by Crippen LogP contribution is -2.23. The summed E-state index contributed by atoms with van der Waals surface area (Å²) >= 11 is 0. The number of hydrogen-bond donors (Lipinski definition) is 1. The third-order valence-corrected chi connectivity index (χ3v) is 3.14. The number of methoxy groups -OCH3 is 1. The van der Waals surface area contributed by atoms with Gasteiger partial charge in [-0.25, -0.2) is 9.18 Å². The van der Waals surface area contributed by atoms with Gasteiger partial charge in [0.25, 0.3) is 5.91 Å². The number of benzene rings is 2. The number of carbonyl (C=O) groups is 3. The van der Waals surface area contributed by atoms with Crippen LogP contribution in [0.25, 0.3) is 0 Å². The van der Waals surface area contributed by atoms with Crippen LogP contribution in [0.4, 0.5) is 10.1 Å². The molecular formula is C18H16FNO6. The number of amides is 1. The summed E-state index contributed by atoms with van der Waals surface area (Å²) in [6, 6.07) is 9.76. The molecule has 0 unspecified atom stereocenters. The quantitative estimate of drug-likeness (QED) is 0.573. The molecule has 0 spiro atoms. The second-order valence-electron chi connectivity index (χ2n) is 5.04. The van der Waals surface area contributed by atoms with Gasteiger partial charge in [-0.2, -0.15) is 0 Å². The fraction of sp³-hybridized carbons (Fsp3) is 0.167. The molecule has 2 rings (SSSR count). The molecule has 0 saturated heterocycles. The van der Waals surface area contributed by atoms with E-state index in [-0.39, 0.29) is 17.2 Å². The van der Waals surface area contributed by atoms with Crippen LogP contribution in [0.3, 0.4) is 0 Å². The lowest BCUT2D eigenvalue weighted by atomic mass is 10.2. The summed E-state index contributed by atoms with van der Waals surface area (Å²) in [7, 11) is 1.39. The SMILES string of the molecule is COc1cc(C=O)ccc1OCC(=O)OCC(=O)Nc1cccc(F)c1. The van der Waals surface area contributed by atoms with E-state index in [0.29, 0.717) is 11.8 Å². The molecule has 0 aliphatic rings. The molecular weight excluding hydrogens is 345 g/mol. The van der Waals surface area contributed by atoms with Gasteiger partial charge < -0.3 is 19.5 Å². The Bertz CT molecular complexity index is 808. The van der Waals surface area contributed by atoms with Gasteiger partial charge in [0.05, 0.1) is 7.11 Å². The molecule has 2 aromatic carbocycles. The van der Waals surface area contributed by atoms with Gasteiger partial charge in [-0.15, -0.1) is 0 Å². The minimum absolute atomic E-state index is 0.249. The van der Waals surface area contributed by atoms with E-state index in [1.54, 1.807) is 0 Å². The zero-order chi connectivity index (χ0) is 18.9. The number of ether oxygens (including phenoxy) is 3. The fourth-order valence-corrected chi connectivity index (χ4v) is 1.96. The van der Waals surface area contributed by atoms with Crippen molar-refractivity contribution in [3.8, 4) is 11.5 Å². The van der Waals surface area contributed by atoms with Gasteiger partial charge in [0, 0.05) is 11.3 Å². The maximum Gasteiger partial charge on any atom is 0.344 e. The maximum absolute atomic E-state index is 13.0. The van der Waals surface area contributed by atoms with E-state index in [1.807, 2.05) is 0 Å². The Labute approximate surface area is 148 Å². The summed E-state index contributed by atoms with van der Waals surface area (Å²) in [5, 5.41) is 2.39. The van der Waals surface area contributed by atoms with Crippen molar-refractivity contribution >= 4 is 23.9 Å². The maximum atomic E-state index is 13.0. The van der Waals surface area contributed by atoms with Crippen LogP contribution in [0, 0.1) is 5.82 Å². The first-order chi connectivity index (χ1) is 12.5. The van der Waals surface area contributed by atoms with Crippen LogP contribution in [0.5, 0.6) is 11.5 Å². The zero-order valence-electron chi connectivity index (χ0n) is 13.9. The van der Waals surface area contributed by atoms with Crippen molar-refractivity contribution in [2.45, 2.75) is 0 Å². The third kappa shape index (κ3) is 5.59. The lowest BCUT2D eigenvalue weighted by molar-refractivity contribution is -0.149. The predicted octanol–water partition coefficient (Wildman–Crippen LogP) is 2.21. The number of hydrogen-bond acceptors (Lipinski definition) is 6. The van der Waals surface area contributed by atoms with Crippen LogP contribution in [-0.4, -0.2) is 38.5 Å². The molecule has 26 heavy (non-hydrogen) atoms. The molecule has 7 nitrogen and oxygen atoms in total. The Morgan fingerprint density at radius 1 is 1.12 bits per heavy atom. The van der Waals surface area contributed by atoms with Gasteiger partial charge in [-0.05, 0) is 36.4 Å². The van der Waals surface area contributed by atoms with Crippen LogP contribution >= 0.6 is 0 Å². The van der Waals surface area contributed by atoms with Crippen LogP contribution in [0.2, 0.25) is 0 Å². The molecule has 0 aliphatic heterocycles. The minimum atomic E-state index is -0.777. The van der Waals surface area contributed by atoms with Crippen molar-refractivity contribution in [2.24, 2.45) is 0 Å². The van der Waals surface area contributed by atoms with Crippen LogP contribution in [0.1, 0.15) is 10.4 Å². The predicted molar refractivity (Wildman–Crippen MR) is 89.9 cm³/mol. The summed E-state index contributed by atoms with van der Waals surface area (Å²) in [5.41, 5.74) is 0.646. The first-order valence-electron chi connectivity index (χ1n) is 7.49. The molecule has 1 amide bonds. The second kappa shape index (κ2) is 9.16. The van der Waals surface area contributed by atoms with Gasteiger partial charge in [0.2, 0.25) is 0 Å². The van der Waals surface area contributed by atoms with Gasteiger partial charge in [-0.3, -0.25) is 9.59 Å². The number of aldehydes is 1. The average Bonchev–Trinajstić information content (AvgIpc) is 2.64. The van der Waals surface area contributed by atoms with Gasteiger partial charge in [0.1, 0.15) is 12.1 Å². The minimum Gasteiger partial charge on any atom is -0.493 e. The first kappa shape index (κ1) is 18.9. The molecule has 0 fully saturated rings. The number of rotatable bonds is 8. The highest BCUT2D eigenvalue weighted by molar-refractivity contribution is 5.92. The second-order valence-corrected chi connectivity index (χ2v) is 5.04. The van der Waals surface area contributed by atoms with Crippen molar-refractivity contribution < 1.29 is 33.0 Å². The summed E-state index contributed by atoms with van der Waals surface area (Å²) in [5.74, 6) is -1.36. The highest BCUT2D eigenvalue weighted by Gasteiger charge is 2.11. The molecule has 136 valence electrons. The normalized spacial score (nSPS) is 9.92. The van der Waals surface area contributed by atoms with E-state index in [0.717, 1.165) is 6.07 Å². The van der Waals surface area contributed by atoms with Crippen molar-refractivity contribution in [2.75, 3.05) is 25.6 Å². The highest BCUT2D eigenvalue weighted by Crippen LogP contribution is 2.27. The smallest absolute Gasteiger partial charge is 0.344 e. The fourth-order valence-electron chi connectivity index (χ4n) is 1.96. The summed E-state index contributed by atoms with van der Waals surface area (Å²) < 4.78 is 28.1. The van der Waals surface area contributed by atoms with E-state index in [1.165, 1.54) is 43.5 Å². The van der Waals surface area contributed by atoms with E-state index in [4.69, 9.17) is 14.2 Å². The van der Waals surface area contributed by atoms with Gasteiger partial charge in [0.15, 0.2) is 24.7 Å². The number of nitrogens with one attached hydrogen (secondary N) is 1. The van der Waals surface area contributed by atoms with E-state index in [9.17, 15) is 18.8 Å². The summed E-state index contributed by atoms with van der Waals surface area (Å²) in [6.45, 7) is -0.996. The third-order valence-electron chi connectivity index (χ3n) is 3.14. The van der Waals surface area contributed by atoms with Crippen molar-refractivity contribution in [3.05, 3.63) is 53.8 Å². The monoisotopic (exact) mass is 361 g/mol. The highest BCUT2D eigenvalue weighted by atomic mass is 19.1. The zero-order valence-corrected chi connectivity index (χ0v) is 13.9. The van der Waals surface area contributed by atoms with E-state index in [2.05, 4.69) is 5.32 Å². The Morgan fingerprint density at radius 2 is 1.92 bits per heavy atom. The first-order valence-corrected chi connectivity index (χ1v) is 7.49.